The van der Waals surface area contributed by atoms with Crippen molar-refractivity contribution < 1.29 is 75.4 Å². The average molecular weight is 1700 g/mol. The maximum absolute atomic E-state index is 15.2. The van der Waals surface area contributed by atoms with Gasteiger partial charge in [-0.15, -0.1) is 40.8 Å². The molecule has 0 radical (unpaired) electrons. The van der Waals surface area contributed by atoms with Gasteiger partial charge in [-0.3, -0.25) is 0 Å². The first-order valence-corrected chi connectivity index (χ1v) is 42.6. The number of carbonyl (C=O) groups is 2. The van der Waals surface area contributed by atoms with Gasteiger partial charge < -0.3 is 58.4 Å². The number of hydrogen-bond acceptors (Lipinski definition) is 20. The lowest BCUT2D eigenvalue weighted by Crippen LogP contribution is -2.51. The fourth-order valence-electron chi connectivity index (χ4n) is 15.6. The van der Waals surface area contributed by atoms with Crippen LogP contribution in [0.1, 0.15) is 170 Å². The highest BCUT2D eigenvalue weighted by Gasteiger charge is 2.44. The van der Waals surface area contributed by atoms with Crippen molar-refractivity contribution in [3.05, 3.63) is 181 Å². The molecule has 3 N–H and O–H groups in total. The van der Waals surface area contributed by atoms with Gasteiger partial charge in [0.05, 0.1) is 61.7 Å². The highest BCUT2D eigenvalue weighted by molar-refractivity contribution is 7.89. The van der Waals surface area contributed by atoms with Crippen LogP contribution in [0, 0.1) is 23.3 Å². The topological polar surface area (TPSA) is 301 Å². The number of halogens is 9. The number of sulfonamides is 2. The molecule has 4 aromatic carbocycles. The summed E-state index contributed by atoms with van der Waals surface area (Å²) in [6.07, 6.45) is 10.00. The van der Waals surface area contributed by atoms with Gasteiger partial charge in [-0.1, -0.05) is 60.7 Å². The van der Waals surface area contributed by atoms with E-state index in [-0.39, 0.29) is 85.9 Å². The van der Waals surface area contributed by atoms with Gasteiger partial charge in [0.15, 0.2) is 0 Å². The van der Waals surface area contributed by atoms with Crippen LogP contribution < -0.4 is 20.9 Å². The Kier molecular flexibility index (Phi) is 29.8. The van der Waals surface area contributed by atoms with E-state index in [0.29, 0.717) is 95.2 Å². The molecule has 118 heavy (non-hydrogen) atoms. The Bertz CT molecular complexity index is 4540. The molecule has 11 heterocycles. The highest BCUT2D eigenvalue weighted by Crippen LogP contribution is 2.42. The second-order valence-electron chi connectivity index (χ2n) is 32.7. The minimum Gasteiger partial charge on any atom is -0.444 e. The van der Waals surface area contributed by atoms with Gasteiger partial charge in [0.2, 0.25) is 20.0 Å². The van der Waals surface area contributed by atoms with E-state index in [2.05, 4.69) is 46.1 Å². The summed E-state index contributed by atoms with van der Waals surface area (Å²) in [4.78, 5) is 29.2. The second-order valence-corrected chi connectivity index (χ2v) is 36.8. The number of anilines is 2. The molecule has 39 heteroatoms. The minimum absolute atomic E-state index is 0.0298. The Morgan fingerprint density at radius 3 is 1.12 bits per heavy atom. The molecule has 0 bridgehead atoms. The van der Waals surface area contributed by atoms with E-state index in [9.17, 15) is 48.4 Å². The number of aromatic nitrogens is 12. The van der Waals surface area contributed by atoms with Crippen molar-refractivity contribution in [1.82, 2.24) is 82.8 Å². The van der Waals surface area contributed by atoms with E-state index in [0.717, 1.165) is 37.2 Å². The lowest BCUT2D eigenvalue weighted by Gasteiger charge is -2.38. The Morgan fingerprint density at radius 1 is 0.441 bits per heavy atom. The fourth-order valence-corrected chi connectivity index (χ4v) is 20.0. The van der Waals surface area contributed by atoms with Crippen LogP contribution >= 0.6 is 0 Å². The van der Waals surface area contributed by atoms with E-state index in [1.165, 1.54) is 66.2 Å². The molecular formula is C79H105F9N20O8S2. The van der Waals surface area contributed by atoms with Crippen molar-refractivity contribution in [3.63, 3.8) is 0 Å². The second kappa shape index (κ2) is 39.3. The first-order valence-electron chi connectivity index (χ1n) is 39.6. The summed E-state index contributed by atoms with van der Waals surface area (Å²) < 4.78 is 204. The van der Waals surface area contributed by atoms with Crippen LogP contribution in [-0.4, -0.2) is 232 Å². The number of nitrogens with zero attached hydrogens (tertiary/aromatic N) is 18. The number of amides is 2. The largest absolute Gasteiger partial charge is 0.444 e. The molecule has 2 amide bonds. The maximum atomic E-state index is 15.2. The summed E-state index contributed by atoms with van der Waals surface area (Å²) >= 11 is 0. The number of rotatable bonds is 12. The molecule has 8 aromatic rings. The average Bonchev–Trinajstić information content (AvgIpc) is 1.03. The maximum Gasteiger partial charge on any atom is 0.410 e. The number of alkyl halides is 5. The van der Waals surface area contributed by atoms with Gasteiger partial charge in [-0.05, 0) is 143 Å². The van der Waals surface area contributed by atoms with Gasteiger partial charge in [0.25, 0.3) is 0 Å². The number of nitrogens with one attached hydrogen (secondary N) is 1. The summed E-state index contributed by atoms with van der Waals surface area (Å²) in [7, 11) is -7.58. The smallest absolute Gasteiger partial charge is 0.410 e. The summed E-state index contributed by atoms with van der Waals surface area (Å²) in [5.74, 6) is -2.84. The van der Waals surface area contributed by atoms with Crippen LogP contribution in [-0.2, 0) is 42.6 Å². The summed E-state index contributed by atoms with van der Waals surface area (Å²) in [6, 6.07) is 19.6. The van der Waals surface area contributed by atoms with Crippen molar-refractivity contribution in [2.45, 2.75) is 221 Å². The number of hydrogen-bond donors (Lipinski definition) is 2. The molecule has 7 fully saturated rings. The van der Waals surface area contributed by atoms with Crippen molar-refractivity contribution in [3.8, 4) is 0 Å². The third kappa shape index (κ3) is 22.6. The molecule has 28 nitrogen and oxygen atoms in total. The van der Waals surface area contributed by atoms with Crippen molar-refractivity contribution in [2.24, 2.45) is 5.73 Å². The lowest BCUT2D eigenvalue weighted by molar-refractivity contribution is 0.00659. The minimum atomic E-state index is -3.79. The van der Waals surface area contributed by atoms with Gasteiger partial charge in [0, 0.05) is 87.2 Å². The van der Waals surface area contributed by atoms with Gasteiger partial charge >= 0.3 is 12.2 Å². The molecule has 7 saturated heterocycles. The molecule has 7 aliphatic rings. The van der Waals surface area contributed by atoms with Gasteiger partial charge in [0.1, 0.15) is 126 Å². The zero-order valence-electron chi connectivity index (χ0n) is 67.2. The van der Waals surface area contributed by atoms with Crippen LogP contribution in [0.2, 0.25) is 0 Å². The number of carbonyl (C=O) groups excluding carboxylic acids is 2. The molecule has 644 valence electrons. The normalized spacial score (nSPS) is 26.8. The van der Waals surface area contributed by atoms with E-state index in [1.807, 2.05) is 12.1 Å². The van der Waals surface area contributed by atoms with Crippen LogP contribution in [0.25, 0.3) is 0 Å². The first-order chi connectivity index (χ1) is 56.0. The predicted molar refractivity (Wildman–Crippen MR) is 422 cm³/mol. The Labute approximate surface area is 681 Å². The summed E-state index contributed by atoms with van der Waals surface area (Å²) in [6.45, 7) is 16.5. The van der Waals surface area contributed by atoms with Crippen molar-refractivity contribution >= 4 is 43.6 Å². The molecule has 6 unspecified atom stereocenters. The Morgan fingerprint density at radius 2 is 0.780 bits per heavy atom. The van der Waals surface area contributed by atoms with Crippen molar-refractivity contribution in [1.29, 1.82) is 0 Å². The zero-order valence-corrected chi connectivity index (χ0v) is 68.9. The first kappa shape index (κ1) is 89.5. The van der Waals surface area contributed by atoms with Crippen LogP contribution in [0.3, 0.4) is 0 Å². The molecule has 0 saturated carbocycles. The number of likely N-dealkylation sites (tertiary alicyclic amines) is 2. The summed E-state index contributed by atoms with van der Waals surface area (Å²) in [5.41, 5.74) is 5.64. The van der Waals surface area contributed by atoms with Gasteiger partial charge in [-0.2, -0.15) is 8.61 Å². The monoisotopic (exact) mass is 1700 g/mol. The molecule has 0 spiro atoms. The van der Waals surface area contributed by atoms with Crippen LogP contribution in [0.5, 0.6) is 0 Å². The lowest BCUT2D eigenvalue weighted by atomic mass is 10.0. The fraction of sp³-hybridized carbons (Fsp3) is 0.570. The molecule has 14 atom stereocenters. The zero-order chi connectivity index (χ0) is 85.0. The third-order valence-corrected chi connectivity index (χ3v) is 26.8. The molecule has 7 aliphatic heterocycles. The van der Waals surface area contributed by atoms with E-state index >= 15 is 17.6 Å². The van der Waals surface area contributed by atoms with E-state index in [4.69, 9.17) is 15.2 Å². The van der Waals surface area contributed by atoms with E-state index < -0.39 is 126 Å². The molecule has 4 aromatic heterocycles. The number of benzene rings is 4. The molecule has 0 aliphatic carbocycles. The predicted octanol–water partition coefficient (Wildman–Crippen LogP) is 12.0. The highest BCUT2D eigenvalue weighted by atomic mass is 32.2. The third-order valence-electron chi connectivity index (χ3n) is 22.0. The van der Waals surface area contributed by atoms with Crippen LogP contribution in [0.15, 0.2) is 136 Å². The standard InChI is InChI=1S/2C25H28F3N5O2S.C12H19FN4O2.C10H19FN2O2.C7H11FN4/c2*1-17-7-8-25(18-5-3-2-4-6-18)36(34,35)33(17)13-19-11-21(27)24(12-20(19)26)31-10-9-23(22(28)14-31)32-15-29-30-16-32;1-12(2,3)19-11(18)16-5-4-10(9(13)6-16)17-7-14-15-8-17;1-10(2,3)15-9(14)13-5-4-8(12)7(11)6-13;8-6-3-9-2-1-7(6)12-4-10-11-5-12/h2*2-6,11-12,15-17,22-23,25H,7-10,13-14H2,1H3;7-10H,4-6H2,1-3H3;7-8H,4-6,12H2,1-3H3;4-7,9H,1-3H2/t17-,22+,23-,25+;17-,22-,23+,25+;;;/m00.../s1. The number of nitrogens with two attached hydrogens (primary N) is 1. The van der Waals surface area contributed by atoms with E-state index in [1.54, 1.807) is 135 Å². The molecule has 15 rings (SSSR count). The number of piperidine rings is 5. The number of ether oxygens (including phenoxy) is 2. The summed E-state index contributed by atoms with van der Waals surface area (Å²) in [5, 5.41) is 31.0. The molecular weight excluding hydrogens is 1590 g/mol. The van der Waals surface area contributed by atoms with Gasteiger partial charge in [-0.25, -0.2) is 65.9 Å². The SMILES string of the molecule is CC(C)(C)OC(=O)N1CCC(N)C(F)C1.CC(C)(C)OC(=O)N1CCC(n2cnnc2)C(F)C1.C[C@H]1CC[C@H](c2ccccc2)S(=O)(=O)N1Cc1cc(F)c(N2CC[C@@H](n3cnnc3)[C@@H](F)C2)cc1F.C[C@H]1CC[C@H](c2ccccc2)S(=O)(=O)N1Cc1cc(F)c(N2CC[C@H](n3cnnc3)[C@H](F)C2)cc1F.FC1CNCCC1n1cnnc1. The Hall–Kier alpha value is -9.31. The van der Waals surface area contributed by atoms with Crippen LogP contribution in [0.4, 0.5) is 60.5 Å². The quantitative estimate of drug-likeness (QED) is 0.107. The van der Waals surface area contributed by atoms with Crippen molar-refractivity contribution in [2.75, 3.05) is 75.2 Å². The Balaban J connectivity index is 0.000000154.